The van der Waals surface area contributed by atoms with E-state index in [1.807, 2.05) is 78.9 Å². The molecule has 5 aromatic rings. The van der Waals surface area contributed by atoms with Crippen LogP contribution in [-0.4, -0.2) is 11.6 Å². The summed E-state index contributed by atoms with van der Waals surface area (Å²) >= 11 is 2.50. The molecule has 0 bridgehead atoms. The van der Waals surface area contributed by atoms with Gasteiger partial charge in [0.05, 0.1) is 20.9 Å². The molecule has 1 aliphatic rings. The van der Waals surface area contributed by atoms with E-state index in [9.17, 15) is 9.59 Å². The molecular weight excluding hydrogens is 515 g/mol. The van der Waals surface area contributed by atoms with Gasteiger partial charge in [0, 0.05) is 20.9 Å². The third kappa shape index (κ3) is 4.42. The van der Waals surface area contributed by atoms with Gasteiger partial charge in [0.15, 0.2) is 17.3 Å². The monoisotopic (exact) mass is 534 g/mol. The van der Waals surface area contributed by atoms with Crippen LogP contribution in [0.4, 0.5) is 4.39 Å². The van der Waals surface area contributed by atoms with Crippen molar-refractivity contribution in [3.63, 3.8) is 0 Å². The SMILES string of the molecule is O=C1c2ccccc2C(=O)c2c(Oc3ccccc3)c(Sc3ccccc3)c(Sc3ccccc3)c(F)c21. The highest BCUT2D eigenvalue weighted by molar-refractivity contribution is 8.02. The second-order valence-corrected chi connectivity index (χ2v) is 10.7. The maximum atomic E-state index is 16.6. The van der Waals surface area contributed by atoms with E-state index < -0.39 is 17.4 Å². The smallest absolute Gasteiger partial charge is 0.198 e. The summed E-state index contributed by atoms with van der Waals surface area (Å²) in [4.78, 5) is 29.9. The third-order valence-electron chi connectivity index (χ3n) is 6.07. The number of ether oxygens (including phenoxy) is 1. The van der Waals surface area contributed by atoms with Crippen LogP contribution < -0.4 is 4.74 Å². The predicted molar refractivity (Wildman–Crippen MR) is 147 cm³/mol. The van der Waals surface area contributed by atoms with Gasteiger partial charge in [-0.05, 0) is 36.4 Å². The predicted octanol–water partition coefficient (Wildman–Crippen LogP) is 8.70. The highest BCUT2D eigenvalue weighted by atomic mass is 32.2. The molecule has 0 aromatic heterocycles. The zero-order chi connectivity index (χ0) is 26.1. The van der Waals surface area contributed by atoms with E-state index in [-0.39, 0.29) is 32.9 Å². The van der Waals surface area contributed by atoms with Gasteiger partial charge in [0.25, 0.3) is 0 Å². The second kappa shape index (κ2) is 10.3. The molecule has 184 valence electrons. The Morgan fingerprint density at radius 2 is 0.974 bits per heavy atom. The fourth-order valence-electron chi connectivity index (χ4n) is 4.33. The lowest BCUT2D eigenvalue weighted by Crippen LogP contribution is -2.24. The van der Waals surface area contributed by atoms with Crippen LogP contribution in [-0.2, 0) is 0 Å². The number of carbonyl (C=O) groups is 2. The standard InChI is InChI=1S/C32H19FO3S2/c33-27-25-26(29(35)24-19-11-10-18-23(24)28(25)34)30(36-20-12-4-1-5-13-20)32(38-22-16-8-3-9-17-22)31(27)37-21-14-6-2-7-15-21/h1-19H. The molecule has 0 atom stereocenters. The van der Waals surface area contributed by atoms with Crippen molar-refractivity contribution in [2.45, 2.75) is 19.6 Å². The van der Waals surface area contributed by atoms with Crippen molar-refractivity contribution in [3.05, 3.63) is 143 Å². The van der Waals surface area contributed by atoms with E-state index in [2.05, 4.69) is 0 Å². The lowest BCUT2D eigenvalue weighted by molar-refractivity contribution is 0.0972. The summed E-state index contributed by atoms with van der Waals surface area (Å²) < 4.78 is 23.0. The molecule has 0 saturated carbocycles. The molecule has 0 N–H and O–H groups in total. The van der Waals surface area contributed by atoms with E-state index in [1.54, 1.807) is 36.4 Å². The van der Waals surface area contributed by atoms with Crippen molar-refractivity contribution in [2.24, 2.45) is 0 Å². The van der Waals surface area contributed by atoms with Gasteiger partial charge in [-0.3, -0.25) is 9.59 Å². The third-order valence-corrected chi connectivity index (χ3v) is 8.39. The summed E-state index contributed by atoms with van der Waals surface area (Å²) in [5, 5.41) is 0. The van der Waals surface area contributed by atoms with Gasteiger partial charge in [0.1, 0.15) is 11.6 Å². The van der Waals surface area contributed by atoms with Gasteiger partial charge in [-0.2, -0.15) is 0 Å². The van der Waals surface area contributed by atoms with Crippen molar-refractivity contribution in [1.82, 2.24) is 0 Å². The Balaban J connectivity index is 1.66. The second-order valence-electron chi connectivity index (χ2n) is 8.50. The number of halogens is 1. The van der Waals surface area contributed by atoms with Crippen LogP contribution in [0, 0.1) is 5.82 Å². The Bertz CT molecular complexity index is 1670. The summed E-state index contributed by atoms with van der Waals surface area (Å²) in [5.41, 5.74) is 0.122. The summed E-state index contributed by atoms with van der Waals surface area (Å²) in [7, 11) is 0. The number of rotatable bonds is 6. The zero-order valence-corrected chi connectivity index (χ0v) is 21.5. The van der Waals surface area contributed by atoms with Crippen LogP contribution in [0.1, 0.15) is 31.8 Å². The Kier molecular flexibility index (Phi) is 6.58. The van der Waals surface area contributed by atoms with Crippen LogP contribution in [0.15, 0.2) is 135 Å². The number of para-hydroxylation sites is 1. The van der Waals surface area contributed by atoms with Gasteiger partial charge >= 0.3 is 0 Å². The highest BCUT2D eigenvalue weighted by Crippen LogP contribution is 2.51. The zero-order valence-electron chi connectivity index (χ0n) is 19.9. The Hall–Kier alpha value is -4.13. The van der Waals surface area contributed by atoms with Gasteiger partial charge in [0.2, 0.25) is 0 Å². The molecule has 1 aliphatic carbocycles. The molecular formula is C32H19FO3S2. The lowest BCUT2D eigenvalue weighted by Gasteiger charge is -2.25. The van der Waals surface area contributed by atoms with E-state index in [0.717, 1.165) is 9.79 Å². The van der Waals surface area contributed by atoms with E-state index >= 15 is 4.39 Å². The first kappa shape index (κ1) is 24.2. The molecule has 6 heteroatoms. The Morgan fingerprint density at radius 3 is 1.53 bits per heavy atom. The molecule has 38 heavy (non-hydrogen) atoms. The number of carbonyl (C=O) groups excluding carboxylic acids is 2. The molecule has 5 aromatic carbocycles. The first-order valence-electron chi connectivity index (χ1n) is 11.9. The first-order valence-corrected chi connectivity index (χ1v) is 13.5. The maximum Gasteiger partial charge on any atom is 0.198 e. The summed E-state index contributed by atoms with van der Waals surface area (Å²) in [5.74, 6) is -1.04. The molecule has 0 fully saturated rings. The number of benzene rings is 5. The lowest BCUT2D eigenvalue weighted by atomic mass is 9.83. The van der Waals surface area contributed by atoms with Gasteiger partial charge < -0.3 is 4.74 Å². The number of hydrogen-bond acceptors (Lipinski definition) is 5. The van der Waals surface area contributed by atoms with E-state index in [0.29, 0.717) is 10.6 Å². The number of ketones is 2. The van der Waals surface area contributed by atoms with Crippen molar-refractivity contribution in [1.29, 1.82) is 0 Å². The summed E-state index contributed by atoms with van der Waals surface area (Å²) in [6.45, 7) is 0. The van der Waals surface area contributed by atoms with Crippen molar-refractivity contribution < 1.29 is 18.7 Å². The Morgan fingerprint density at radius 1 is 0.526 bits per heavy atom. The van der Waals surface area contributed by atoms with Crippen LogP contribution in [0.3, 0.4) is 0 Å². The average molecular weight is 535 g/mol. The van der Waals surface area contributed by atoms with E-state index in [1.165, 1.54) is 23.5 Å². The van der Waals surface area contributed by atoms with Crippen LogP contribution >= 0.6 is 23.5 Å². The average Bonchev–Trinajstić information content (AvgIpc) is 2.96. The van der Waals surface area contributed by atoms with Crippen LogP contribution in [0.2, 0.25) is 0 Å². The molecule has 0 heterocycles. The molecule has 0 saturated heterocycles. The summed E-state index contributed by atoms with van der Waals surface area (Å²) in [6, 6.07) is 34.4. The highest BCUT2D eigenvalue weighted by Gasteiger charge is 2.39. The molecule has 0 aliphatic heterocycles. The number of fused-ring (bicyclic) bond motifs is 2. The molecule has 3 nitrogen and oxygen atoms in total. The minimum absolute atomic E-state index is 0.0501. The fourth-order valence-corrected chi connectivity index (χ4v) is 6.44. The largest absolute Gasteiger partial charge is 0.455 e. The molecule has 6 rings (SSSR count). The van der Waals surface area contributed by atoms with Crippen LogP contribution in [0.5, 0.6) is 11.5 Å². The van der Waals surface area contributed by atoms with Gasteiger partial charge in [-0.15, -0.1) is 0 Å². The van der Waals surface area contributed by atoms with Crippen molar-refractivity contribution in [2.75, 3.05) is 0 Å². The Labute approximate surface area is 227 Å². The molecule has 0 unspecified atom stereocenters. The van der Waals surface area contributed by atoms with Crippen LogP contribution in [0.25, 0.3) is 0 Å². The molecule has 0 radical (unpaired) electrons. The first-order chi connectivity index (χ1) is 18.6. The van der Waals surface area contributed by atoms with Crippen molar-refractivity contribution in [3.8, 4) is 11.5 Å². The van der Waals surface area contributed by atoms with Gasteiger partial charge in [-0.25, -0.2) is 4.39 Å². The maximum absolute atomic E-state index is 16.6. The number of hydrogen-bond donors (Lipinski definition) is 0. The van der Waals surface area contributed by atoms with Crippen molar-refractivity contribution >= 4 is 35.1 Å². The van der Waals surface area contributed by atoms with Gasteiger partial charge in [-0.1, -0.05) is 102 Å². The molecule has 0 amide bonds. The minimum atomic E-state index is -0.722. The molecule has 0 spiro atoms. The minimum Gasteiger partial charge on any atom is -0.455 e. The van der Waals surface area contributed by atoms with E-state index in [4.69, 9.17) is 4.74 Å². The fraction of sp³-hybridized carbons (Fsp3) is 0. The summed E-state index contributed by atoms with van der Waals surface area (Å²) in [6.07, 6.45) is 0. The normalized spacial score (nSPS) is 12.1. The quantitative estimate of drug-likeness (QED) is 0.214. The topological polar surface area (TPSA) is 43.4 Å².